The molecule has 2 atom stereocenters. The normalized spacial score (nSPS) is 19.8. The van der Waals surface area contributed by atoms with Crippen molar-refractivity contribution in [3.63, 3.8) is 0 Å². The highest BCUT2D eigenvalue weighted by Gasteiger charge is 2.31. The molecule has 0 aromatic carbocycles. The summed E-state index contributed by atoms with van der Waals surface area (Å²) in [5.41, 5.74) is 0.537. The third-order valence-electron chi connectivity index (χ3n) is 4.96. The first-order chi connectivity index (χ1) is 17.8. The molecule has 2 unspecified atom stereocenters. The maximum absolute atomic E-state index is 14.3. The van der Waals surface area contributed by atoms with Crippen molar-refractivity contribution in [2.75, 3.05) is 38.8 Å². The number of Topliss-reactive ketones (excluding diaryl/α,β-unsaturated/α-hetero) is 1. The predicted octanol–water partition coefficient (Wildman–Crippen LogP) is 7.64. The van der Waals surface area contributed by atoms with Gasteiger partial charge in [0.1, 0.15) is 30.1 Å². The summed E-state index contributed by atoms with van der Waals surface area (Å²) in [7, 11) is 1.53. The number of amidine groups is 1. The molecule has 2 rings (SSSR count). The molecule has 214 valence electrons. The van der Waals surface area contributed by atoms with Gasteiger partial charge < -0.3 is 19.5 Å². The van der Waals surface area contributed by atoms with E-state index in [9.17, 15) is 9.18 Å². The number of rotatable bonds is 10. The topological polar surface area (TPSA) is 69.2 Å². The van der Waals surface area contributed by atoms with Gasteiger partial charge in [0, 0.05) is 55.1 Å². The summed E-state index contributed by atoms with van der Waals surface area (Å²) in [5.74, 6) is 1.08. The van der Waals surface area contributed by atoms with Crippen LogP contribution in [-0.4, -0.2) is 56.5 Å². The zero-order chi connectivity index (χ0) is 28.8. The molecule has 0 spiro atoms. The molecule has 6 nitrogen and oxygen atoms in total. The van der Waals surface area contributed by atoms with E-state index in [2.05, 4.69) is 33.2 Å². The number of hydrogen-bond donors (Lipinski definition) is 1. The van der Waals surface area contributed by atoms with Gasteiger partial charge in [-0.3, -0.25) is 9.79 Å². The Labute approximate surface area is 237 Å². The van der Waals surface area contributed by atoms with Gasteiger partial charge in [0.15, 0.2) is 5.78 Å². The van der Waals surface area contributed by atoms with Crippen molar-refractivity contribution in [1.82, 2.24) is 5.32 Å². The largest absolute Gasteiger partial charge is 0.492 e. The second kappa shape index (κ2) is 23.6. The molecule has 0 saturated heterocycles. The van der Waals surface area contributed by atoms with Crippen LogP contribution in [0.1, 0.15) is 68.2 Å². The quantitative estimate of drug-likeness (QED) is 0.204. The molecule has 0 radical (unpaired) electrons. The summed E-state index contributed by atoms with van der Waals surface area (Å²) >= 11 is 9.07. The number of ether oxygens (including phenoxy) is 3. The lowest BCUT2D eigenvalue weighted by atomic mass is 9.91. The number of allylic oxidation sites excluding steroid dienone is 4. The van der Waals surface area contributed by atoms with Crippen molar-refractivity contribution in [2.24, 2.45) is 10.9 Å². The molecular formula is C28H47BrClFN2O4. The molecule has 1 N–H and O–H groups in total. The van der Waals surface area contributed by atoms with Crippen molar-refractivity contribution >= 4 is 39.1 Å². The van der Waals surface area contributed by atoms with Crippen LogP contribution in [-0.2, 0) is 19.0 Å². The molecule has 9 heteroatoms. The van der Waals surface area contributed by atoms with Gasteiger partial charge in [0.2, 0.25) is 0 Å². The molecule has 1 heterocycles. The van der Waals surface area contributed by atoms with Crippen LogP contribution in [0.15, 0.2) is 51.1 Å². The van der Waals surface area contributed by atoms with E-state index in [0.29, 0.717) is 42.1 Å². The summed E-state index contributed by atoms with van der Waals surface area (Å²) in [6.45, 7) is 17.6. The summed E-state index contributed by atoms with van der Waals surface area (Å²) in [6, 6.07) is 0. The van der Waals surface area contributed by atoms with E-state index in [0.717, 1.165) is 17.7 Å². The molecule has 0 fully saturated rings. The number of ketones is 1. The number of halogens is 3. The first-order valence-corrected chi connectivity index (χ1v) is 14.6. The van der Waals surface area contributed by atoms with Gasteiger partial charge in [-0.2, -0.15) is 0 Å². The maximum Gasteiger partial charge on any atom is 0.161 e. The van der Waals surface area contributed by atoms with Crippen LogP contribution in [0.3, 0.4) is 0 Å². The van der Waals surface area contributed by atoms with E-state index in [1.807, 2.05) is 46.8 Å². The smallest absolute Gasteiger partial charge is 0.161 e. The van der Waals surface area contributed by atoms with Crippen LogP contribution in [0.5, 0.6) is 0 Å². The fraction of sp³-hybridized carbons (Fsp3) is 0.643. The van der Waals surface area contributed by atoms with Gasteiger partial charge in [-0.15, -0.1) is 0 Å². The van der Waals surface area contributed by atoms with Crippen LogP contribution < -0.4 is 5.32 Å². The summed E-state index contributed by atoms with van der Waals surface area (Å²) in [5, 5.41) is 4.55. The van der Waals surface area contributed by atoms with Crippen LogP contribution in [0.2, 0.25) is 0 Å². The molecule has 37 heavy (non-hydrogen) atoms. The van der Waals surface area contributed by atoms with E-state index < -0.39 is 11.9 Å². The second-order valence-corrected chi connectivity index (χ2v) is 8.55. The zero-order valence-corrected chi connectivity index (χ0v) is 26.4. The lowest BCUT2D eigenvalue weighted by molar-refractivity contribution is -0.115. The molecular weight excluding hydrogens is 563 g/mol. The Morgan fingerprint density at radius 2 is 1.86 bits per heavy atom. The standard InChI is InChI=1S/C15H22BrFO4.C9H13ClN2.2C2H6/c1-4-12(18)11-9-13(19-3)15(10(2)14(11)17)21-8-7-20-6-5-16;1-3-11-9-7(2)4-5-8(10)6-12-9;2*1-2/h13H,4-9H2,1-3H3;4-7H,3H2,1-2H3,(H,11,12);2*1-2H3. The molecule has 0 aromatic rings. The lowest BCUT2D eigenvalue weighted by Crippen LogP contribution is -2.26. The van der Waals surface area contributed by atoms with Crippen LogP contribution in [0, 0.1) is 5.92 Å². The predicted molar refractivity (Wildman–Crippen MR) is 158 cm³/mol. The Balaban J connectivity index is 0. The summed E-state index contributed by atoms with van der Waals surface area (Å²) < 4.78 is 30.5. The maximum atomic E-state index is 14.3. The molecule has 0 aromatic heterocycles. The van der Waals surface area contributed by atoms with Crippen molar-refractivity contribution in [3.8, 4) is 0 Å². The molecule has 1 aliphatic carbocycles. The van der Waals surface area contributed by atoms with E-state index in [4.69, 9.17) is 25.8 Å². The number of carbonyl (C=O) groups excluding carboxylic acids is 1. The minimum Gasteiger partial charge on any atom is -0.492 e. The zero-order valence-electron chi connectivity index (χ0n) is 24.1. The third-order valence-corrected chi connectivity index (χ3v) is 5.52. The number of methoxy groups -OCH3 is 1. The van der Waals surface area contributed by atoms with Crippen molar-refractivity contribution in [1.29, 1.82) is 0 Å². The van der Waals surface area contributed by atoms with Crippen molar-refractivity contribution in [3.05, 3.63) is 46.1 Å². The first-order valence-electron chi connectivity index (χ1n) is 13.1. The van der Waals surface area contributed by atoms with Gasteiger partial charge in [0.05, 0.1) is 18.2 Å². The van der Waals surface area contributed by atoms with E-state index in [1.165, 1.54) is 7.11 Å². The van der Waals surface area contributed by atoms with Crippen LogP contribution in [0.25, 0.3) is 0 Å². The van der Waals surface area contributed by atoms with Gasteiger partial charge in [-0.1, -0.05) is 75.1 Å². The van der Waals surface area contributed by atoms with Gasteiger partial charge in [-0.05, 0) is 19.9 Å². The summed E-state index contributed by atoms with van der Waals surface area (Å²) in [6.07, 6.45) is 5.75. The molecule has 0 amide bonds. The van der Waals surface area contributed by atoms with E-state index in [-0.39, 0.29) is 24.2 Å². The number of alkyl halides is 1. The van der Waals surface area contributed by atoms with Gasteiger partial charge in [-0.25, -0.2) is 4.39 Å². The number of nitrogens with zero attached hydrogens (tertiary/aromatic N) is 1. The SMILES string of the molecule is CC.CC.CCC(=O)C1=C(F)C(C)=C(OCCOCCBr)C(OC)C1.CCN=C1NC=C(Cl)C=CC1C. The van der Waals surface area contributed by atoms with Crippen LogP contribution >= 0.6 is 27.5 Å². The van der Waals surface area contributed by atoms with Gasteiger partial charge in [0.25, 0.3) is 0 Å². The highest BCUT2D eigenvalue weighted by Crippen LogP contribution is 2.34. The number of carbonyl (C=O) groups is 1. The highest BCUT2D eigenvalue weighted by atomic mass is 79.9. The number of nitrogens with one attached hydrogen (secondary N) is 1. The number of aliphatic imine (C=N–C) groups is 1. The Morgan fingerprint density at radius 1 is 1.22 bits per heavy atom. The Hall–Kier alpha value is -1.48. The monoisotopic (exact) mass is 608 g/mol. The molecule has 0 bridgehead atoms. The molecule has 1 aliphatic heterocycles. The Kier molecular flexibility index (Phi) is 24.1. The van der Waals surface area contributed by atoms with Crippen LogP contribution in [0.4, 0.5) is 4.39 Å². The fourth-order valence-corrected chi connectivity index (χ4v) is 3.52. The second-order valence-electron chi connectivity index (χ2n) is 7.32. The van der Waals surface area contributed by atoms with Gasteiger partial charge >= 0.3 is 0 Å². The minimum absolute atomic E-state index is 0.186. The average molecular weight is 610 g/mol. The van der Waals surface area contributed by atoms with Crippen molar-refractivity contribution in [2.45, 2.75) is 74.3 Å². The summed E-state index contributed by atoms with van der Waals surface area (Å²) in [4.78, 5) is 16.1. The average Bonchev–Trinajstić information content (AvgIpc) is 3.09. The first kappa shape index (κ1) is 37.7. The highest BCUT2D eigenvalue weighted by molar-refractivity contribution is 9.09. The third kappa shape index (κ3) is 14.3. The Morgan fingerprint density at radius 3 is 2.41 bits per heavy atom. The molecule has 0 saturated carbocycles. The molecule has 2 aliphatic rings. The lowest BCUT2D eigenvalue weighted by Gasteiger charge is -2.27. The van der Waals surface area contributed by atoms with Crippen molar-refractivity contribution < 1.29 is 23.4 Å². The van der Waals surface area contributed by atoms with E-state index in [1.54, 1.807) is 20.0 Å². The number of hydrogen-bond acceptors (Lipinski definition) is 5. The fourth-order valence-electron chi connectivity index (χ4n) is 3.16. The minimum atomic E-state index is -0.480. The van der Waals surface area contributed by atoms with E-state index >= 15 is 0 Å². The Bertz CT molecular complexity index is 810.